The summed E-state index contributed by atoms with van der Waals surface area (Å²) in [5.74, 6) is -0.154. The highest BCUT2D eigenvalue weighted by Gasteiger charge is 2.42. The highest BCUT2D eigenvalue weighted by Crippen LogP contribution is 2.38. The van der Waals surface area contributed by atoms with E-state index in [9.17, 15) is 9.59 Å². The van der Waals surface area contributed by atoms with Crippen molar-refractivity contribution in [1.29, 1.82) is 0 Å². The Morgan fingerprint density at radius 2 is 2.00 bits per heavy atom. The number of hydrogen-bond donors (Lipinski definition) is 0. The molecule has 0 aliphatic carbocycles. The first-order chi connectivity index (χ1) is 15.0. The SMILES string of the molecule is Cc1ccc2oc3c(c(=O)c2c1)[C@H](c1cccc(Cl)c1)N(CCCn1ccnc1)C3=O. The van der Waals surface area contributed by atoms with E-state index in [4.69, 9.17) is 16.0 Å². The van der Waals surface area contributed by atoms with Crippen LogP contribution in [0.3, 0.4) is 0 Å². The number of nitrogens with zero attached hydrogens (tertiary/aromatic N) is 3. The smallest absolute Gasteiger partial charge is 0.290 e. The Hall–Kier alpha value is -3.38. The van der Waals surface area contributed by atoms with Crippen molar-refractivity contribution in [3.05, 3.63) is 98.9 Å². The van der Waals surface area contributed by atoms with E-state index in [-0.39, 0.29) is 17.1 Å². The van der Waals surface area contributed by atoms with Gasteiger partial charge in [0.2, 0.25) is 5.76 Å². The molecule has 156 valence electrons. The molecule has 1 aliphatic heterocycles. The molecule has 0 saturated heterocycles. The van der Waals surface area contributed by atoms with Gasteiger partial charge in [0.25, 0.3) is 5.91 Å². The number of aryl methyl sites for hydroxylation is 2. The standard InChI is InChI=1S/C24H20ClN3O3/c1-15-6-7-19-18(12-15)22(29)20-21(16-4-2-5-17(25)13-16)28(24(30)23(20)31-19)10-3-9-27-11-8-26-14-27/h2,4-8,11-14,21H,3,9-10H2,1H3/t21-/m0/s1. The van der Waals surface area contributed by atoms with Crippen molar-refractivity contribution in [3.63, 3.8) is 0 Å². The van der Waals surface area contributed by atoms with Crippen molar-refractivity contribution in [1.82, 2.24) is 14.5 Å². The van der Waals surface area contributed by atoms with Crippen molar-refractivity contribution in [2.45, 2.75) is 25.9 Å². The molecule has 7 heteroatoms. The lowest BCUT2D eigenvalue weighted by atomic mass is 9.98. The Morgan fingerprint density at radius 1 is 1.13 bits per heavy atom. The second-order valence-corrected chi connectivity index (χ2v) is 8.22. The lowest BCUT2D eigenvalue weighted by Gasteiger charge is -2.25. The van der Waals surface area contributed by atoms with Crippen LogP contribution < -0.4 is 5.43 Å². The average Bonchev–Trinajstić information content (AvgIpc) is 3.36. The molecule has 0 N–H and O–H groups in total. The van der Waals surface area contributed by atoms with E-state index in [0.717, 1.165) is 11.1 Å². The minimum Gasteiger partial charge on any atom is -0.450 e. The molecule has 6 nitrogen and oxygen atoms in total. The monoisotopic (exact) mass is 433 g/mol. The molecular weight excluding hydrogens is 414 g/mol. The molecule has 5 rings (SSSR count). The number of aromatic nitrogens is 2. The Balaban J connectivity index is 1.61. The molecule has 31 heavy (non-hydrogen) atoms. The normalized spacial score (nSPS) is 15.6. The molecule has 0 saturated carbocycles. The van der Waals surface area contributed by atoms with Gasteiger partial charge in [0.05, 0.1) is 23.3 Å². The fraction of sp³-hybridized carbons (Fsp3) is 0.208. The number of halogens is 1. The second-order valence-electron chi connectivity index (χ2n) is 7.78. The fourth-order valence-electron chi connectivity index (χ4n) is 4.23. The van der Waals surface area contributed by atoms with Crippen molar-refractivity contribution in [2.75, 3.05) is 6.54 Å². The van der Waals surface area contributed by atoms with Gasteiger partial charge < -0.3 is 13.9 Å². The minimum absolute atomic E-state index is 0.119. The molecule has 1 atom stereocenters. The van der Waals surface area contributed by atoms with Crippen LogP contribution in [0, 0.1) is 6.92 Å². The third-order valence-electron chi connectivity index (χ3n) is 5.66. The number of imidazole rings is 1. The zero-order valence-electron chi connectivity index (χ0n) is 16.9. The van der Waals surface area contributed by atoms with Crippen molar-refractivity contribution < 1.29 is 9.21 Å². The van der Waals surface area contributed by atoms with E-state index < -0.39 is 6.04 Å². The number of fused-ring (bicyclic) bond motifs is 2. The molecule has 0 bridgehead atoms. The third kappa shape index (κ3) is 3.43. The lowest BCUT2D eigenvalue weighted by Crippen LogP contribution is -2.31. The summed E-state index contributed by atoms with van der Waals surface area (Å²) < 4.78 is 7.94. The van der Waals surface area contributed by atoms with Crippen molar-refractivity contribution in [3.8, 4) is 0 Å². The summed E-state index contributed by atoms with van der Waals surface area (Å²) in [5, 5.41) is 1.04. The first-order valence-corrected chi connectivity index (χ1v) is 10.5. The zero-order chi connectivity index (χ0) is 21.5. The van der Waals surface area contributed by atoms with Crippen LogP contribution in [0.1, 0.15) is 39.7 Å². The van der Waals surface area contributed by atoms with Crippen LogP contribution >= 0.6 is 11.6 Å². The Labute approximate surface area is 183 Å². The maximum absolute atomic E-state index is 13.5. The van der Waals surface area contributed by atoms with Gasteiger partial charge in [-0.05, 0) is 43.2 Å². The molecule has 3 heterocycles. The Bertz CT molecular complexity index is 1340. The highest BCUT2D eigenvalue weighted by molar-refractivity contribution is 6.30. The molecular formula is C24H20ClN3O3. The number of benzene rings is 2. The third-order valence-corrected chi connectivity index (χ3v) is 5.90. The molecule has 0 radical (unpaired) electrons. The van der Waals surface area contributed by atoms with E-state index in [1.807, 2.05) is 42.0 Å². The van der Waals surface area contributed by atoms with E-state index in [1.165, 1.54) is 0 Å². The topological polar surface area (TPSA) is 68.3 Å². The molecule has 1 aliphatic rings. The first-order valence-electron chi connectivity index (χ1n) is 10.1. The number of rotatable bonds is 5. The van der Waals surface area contributed by atoms with Crippen molar-refractivity contribution in [2.24, 2.45) is 0 Å². The summed E-state index contributed by atoms with van der Waals surface area (Å²) >= 11 is 6.25. The van der Waals surface area contributed by atoms with Gasteiger partial charge >= 0.3 is 0 Å². The Kier molecular flexibility index (Phi) is 4.87. The largest absolute Gasteiger partial charge is 0.450 e. The van der Waals surface area contributed by atoms with Crippen LogP contribution in [-0.4, -0.2) is 26.9 Å². The molecule has 4 aromatic rings. The predicted octanol–water partition coefficient (Wildman–Crippen LogP) is 4.59. The summed E-state index contributed by atoms with van der Waals surface area (Å²) in [6.45, 7) is 3.10. The van der Waals surface area contributed by atoms with Gasteiger partial charge in [0.15, 0.2) is 5.43 Å². The van der Waals surface area contributed by atoms with Gasteiger partial charge in [-0.2, -0.15) is 0 Å². The van der Waals surface area contributed by atoms with Crippen LogP contribution in [0.2, 0.25) is 5.02 Å². The number of carbonyl (C=O) groups excluding carboxylic acids is 1. The fourth-order valence-corrected chi connectivity index (χ4v) is 4.43. The maximum atomic E-state index is 13.5. The summed E-state index contributed by atoms with van der Waals surface area (Å²) in [5.41, 5.74) is 2.39. The summed E-state index contributed by atoms with van der Waals surface area (Å²) in [6, 6.07) is 12.2. The van der Waals surface area contributed by atoms with Gasteiger partial charge in [-0.25, -0.2) is 4.98 Å². The van der Waals surface area contributed by atoms with Crippen LogP contribution in [0.4, 0.5) is 0 Å². The van der Waals surface area contributed by atoms with Crippen LogP contribution in [0.5, 0.6) is 0 Å². The number of hydrogen-bond acceptors (Lipinski definition) is 4. The van der Waals surface area contributed by atoms with E-state index in [0.29, 0.717) is 41.1 Å². The lowest BCUT2D eigenvalue weighted by molar-refractivity contribution is 0.0723. The molecule has 2 aromatic carbocycles. The van der Waals surface area contributed by atoms with Crippen LogP contribution in [0.15, 0.2) is 70.4 Å². The molecule has 0 fully saturated rings. The summed E-state index contributed by atoms with van der Waals surface area (Å²) in [6.07, 6.45) is 6.06. The predicted molar refractivity (Wildman–Crippen MR) is 118 cm³/mol. The van der Waals surface area contributed by atoms with Crippen LogP contribution in [-0.2, 0) is 6.54 Å². The van der Waals surface area contributed by atoms with E-state index >= 15 is 0 Å². The molecule has 2 aromatic heterocycles. The van der Waals surface area contributed by atoms with E-state index in [1.54, 1.807) is 35.6 Å². The number of amides is 1. The van der Waals surface area contributed by atoms with Gasteiger partial charge in [0.1, 0.15) is 5.58 Å². The van der Waals surface area contributed by atoms with Crippen molar-refractivity contribution >= 4 is 28.5 Å². The molecule has 0 unspecified atom stereocenters. The molecule has 0 spiro atoms. The zero-order valence-corrected chi connectivity index (χ0v) is 17.7. The molecule has 1 amide bonds. The summed E-state index contributed by atoms with van der Waals surface area (Å²) in [7, 11) is 0. The first kappa shape index (κ1) is 19.6. The minimum atomic E-state index is -0.537. The van der Waals surface area contributed by atoms with Gasteiger partial charge in [-0.15, -0.1) is 0 Å². The maximum Gasteiger partial charge on any atom is 0.290 e. The quantitative estimate of drug-likeness (QED) is 0.461. The van der Waals surface area contributed by atoms with Gasteiger partial charge in [-0.3, -0.25) is 9.59 Å². The second kappa shape index (κ2) is 7.71. The van der Waals surface area contributed by atoms with Crippen LogP contribution in [0.25, 0.3) is 11.0 Å². The summed E-state index contributed by atoms with van der Waals surface area (Å²) in [4.78, 5) is 32.6. The van der Waals surface area contributed by atoms with Gasteiger partial charge in [-0.1, -0.05) is 35.4 Å². The van der Waals surface area contributed by atoms with Gasteiger partial charge in [0, 0.05) is 30.5 Å². The highest BCUT2D eigenvalue weighted by atomic mass is 35.5. The number of carbonyl (C=O) groups is 1. The Morgan fingerprint density at radius 3 is 2.77 bits per heavy atom. The average molecular weight is 434 g/mol. The van der Waals surface area contributed by atoms with E-state index in [2.05, 4.69) is 4.98 Å².